The summed E-state index contributed by atoms with van der Waals surface area (Å²) < 4.78 is 0. The van der Waals surface area contributed by atoms with Gasteiger partial charge in [0.2, 0.25) is 0 Å². The Labute approximate surface area is 99.0 Å². The first-order valence-corrected chi connectivity index (χ1v) is 6.00. The maximum Gasteiger partial charge on any atom is 0.188 e. The summed E-state index contributed by atoms with van der Waals surface area (Å²) in [6.45, 7) is 5.68. The van der Waals surface area contributed by atoms with Gasteiger partial charge in [-0.3, -0.25) is 4.79 Å². The van der Waals surface area contributed by atoms with Gasteiger partial charge >= 0.3 is 0 Å². The molecular formula is C13H13NOS. The smallest absolute Gasteiger partial charge is 0.188 e. The molecule has 2 nitrogen and oxygen atoms in total. The zero-order valence-electron chi connectivity index (χ0n) is 9.57. The minimum absolute atomic E-state index is 0.0287. The van der Waals surface area contributed by atoms with Gasteiger partial charge in [0.15, 0.2) is 10.8 Å². The summed E-state index contributed by atoms with van der Waals surface area (Å²) in [4.78, 5) is 15.5. The molecule has 2 rings (SSSR count). The normalized spacial score (nSPS) is 10.4. The lowest BCUT2D eigenvalue weighted by atomic mass is 10.0. The monoisotopic (exact) mass is 231 g/mol. The van der Waals surface area contributed by atoms with Gasteiger partial charge in [0.25, 0.3) is 0 Å². The van der Waals surface area contributed by atoms with E-state index in [-0.39, 0.29) is 5.78 Å². The number of hydrogen-bond donors (Lipinski definition) is 0. The summed E-state index contributed by atoms with van der Waals surface area (Å²) >= 11 is 1.40. The molecule has 2 aromatic rings. The van der Waals surface area contributed by atoms with Crippen LogP contribution in [0.25, 0.3) is 11.3 Å². The van der Waals surface area contributed by atoms with Crippen molar-refractivity contribution in [1.82, 2.24) is 4.98 Å². The lowest BCUT2D eigenvalue weighted by Crippen LogP contribution is -1.91. The summed E-state index contributed by atoms with van der Waals surface area (Å²) in [5.74, 6) is 0.0287. The van der Waals surface area contributed by atoms with E-state index >= 15 is 0 Å². The lowest BCUT2D eigenvalue weighted by molar-refractivity contribution is 0.101. The van der Waals surface area contributed by atoms with Gasteiger partial charge in [-0.25, -0.2) is 4.98 Å². The second kappa shape index (κ2) is 4.18. The zero-order valence-corrected chi connectivity index (χ0v) is 10.4. The molecule has 0 fully saturated rings. The van der Waals surface area contributed by atoms with Crippen LogP contribution in [0.3, 0.4) is 0 Å². The molecule has 0 saturated heterocycles. The Hall–Kier alpha value is -1.48. The molecule has 82 valence electrons. The molecule has 0 N–H and O–H groups in total. The third kappa shape index (κ3) is 2.04. The fourth-order valence-electron chi connectivity index (χ4n) is 1.66. The van der Waals surface area contributed by atoms with Crippen molar-refractivity contribution in [3.05, 3.63) is 39.7 Å². The van der Waals surface area contributed by atoms with Crippen LogP contribution in [-0.2, 0) is 0 Å². The van der Waals surface area contributed by atoms with Gasteiger partial charge in [0.05, 0.1) is 5.69 Å². The molecule has 0 unspecified atom stereocenters. The third-order valence-electron chi connectivity index (χ3n) is 2.46. The van der Waals surface area contributed by atoms with E-state index in [9.17, 15) is 4.79 Å². The van der Waals surface area contributed by atoms with Gasteiger partial charge in [-0.05, 0) is 19.4 Å². The molecule has 16 heavy (non-hydrogen) atoms. The molecule has 0 aliphatic rings. The van der Waals surface area contributed by atoms with Crippen LogP contribution >= 0.6 is 11.3 Å². The maximum absolute atomic E-state index is 11.2. The molecule has 0 bridgehead atoms. The predicted molar refractivity (Wildman–Crippen MR) is 67.0 cm³/mol. The van der Waals surface area contributed by atoms with Crippen LogP contribution in [0.2, 0.25) is 0 Å². The second-order valence-electron chi connectivity index (χ2n) is 3.91. The topological polar surface area (TPSA) is 30.0 Å². The van der Waals surface area contributed by atoms with Crippen molar-refractivity contribution in [3.8, 4) is 11.3 Å². The number of nitrogens with zero attached hydrogens (tertiary/aromatic N) is 1. The molecule has 0 saturated carbocycles. The third-order valence-corrected chi connectivity index (χ3v) is 3.41. The minimum atomic E-state index is 0.0287. The van der Waals surface area contributed by atoms with Gasteiger partial charge in [-0.2, -0.15) is 0 Å². The molecule has 0 spiro atoms. The van der Waals surface area contributed by atoms with Gasteiger partial charge in [-0.1, -0.05) is 23.8 Å². The van der Waals surface area contributed by atoms with Crippen LogP contribution in [-0.4, -0.2) is 10.8 Å². The molecule has 1 aromatic heterocycles. The first-order chi connectivity index (χ1) is 7.58. The predicted octanol–water partition coefficient (Wildman–Crippen LogP) is 3.63. The standard InChI is InChI=1S/C13H13NOS/c1-8-4-5-11(9(2)6-8)12-7-16-13(14-12)10(3)15/h4-7H,1-3H3. The number of Topliss-reactive ketones (excluding diaryl/α,β-unsaturated/α-hetero) is 1. The number of carbonyl (C=O) groups excluding carboxylic acids is 1. The molecule has 0 aliphatic carbocycles. The summed E-state index contributed by atoms with van der Waals surface area (Å²) in [5.41, 5.74) is 4.44. The molecule has 3 heteroatoms. The molecule has 0 radical (unpaired) electrons. The highest BCUT2D eigenvalue weighted by Gasteiger charge is 2.09. The summed E-state index contributed by atoms with van der Waals surface area (Å²) in [6, 6.07) is 6.25. The van der Waals surface area contributed by atoms with Crippen molar-refractivity contribution < 1.29 is 4.79 Å². The van der Waals surface area contributed by atoms with E-state index in [1.807, 2.05) is 5.38 Å². The van der Waals surface area contributed by atoms with Crippen LogP contribution in [0.4, 0.5) is 0 Å². The second-order valence-corrected chi connectivity index (χ2v) is 4.77. The number of aryl methyl sites for hydroxylation is 2. The maximum atomic E-state index is 11.2. The molecule has 0 amide bonds. The first-order valence-electron chi connectivity index (χ1n) is 5.12. The average Bonchev–Trinajstić information content (AvgIpc) is 2.66. The summed E-state index contributed by atoms with van der Waals surface area (Å²) in [6.07, 6.45) is 0. The van der Waals surface area contributed by atoms with Gasteiger partial charge < -0.3 is 0 Å². The summed E-state index contributed by atoms with van der Waals surface area (Å²) in [5, 5.41) is 2.52. The Balaban J connectivity index is 2.46. The van der Waals surface area contributed by atoms with Crippen LogP contribution < -0.4 is 0 Å². The van der Waals surface area contributed by atoms with Crippen molar-refractivity contribution in [2.45, 2.75) is 20.8 Å². The molecular weight excluding hydrogens is 218 g/mol. The molecule has 0 atom stereocenters. The summed E-state index contributed by atoms with van der Waals surface area (Å²) in [7, 11) is 0. The Bertz CT molecular complexity index is 543. The van der Waals surface area contributed by atoms with Crippen molar-refractivity contribution in [1.29, 1.82) is 0 Å². The highest BCUT2D eigenvalue weighted by molar-refractivity contribution is 7.12. The van der Waals surface area contributed by atoms with Gasteiger partial charge in [0, 0.05) is 17.9 Å². The average molecular weight is 231 g/mol. The van der Waals surface area contributed by atoms with E-state index in [1.165, 1.54) is 22.5 Å². The van der Waals surface area contributed by atoms with Crippen LogP contribution in [0.15, 0.2) is 23.6 Å². The molecule has 1 heterocycles. The van der Waals surface area contributed by atoms with E-state index in [2.05, 4.69) is 37.0 Å². The van der Waals surface area contributed by atoms with Crippen molar-refractivity contribution in [2.24, 2.45) is 0 Å². The SMILES string of the molecule is CC(=O)c1nc(-c2ccc(C)cc2C)cs1. The molecule has 1 aromatic carbocycles. The highest BCUT2D eigenvalue weighted by Crippen LogP contribution is 2.25. The molecule has 0 aliphatic heterocycles. The van der Waals surface area contributed by atoms with Crippen molar-refractivity contribution in [2.75, 3.05) is 0 Å². The Morgan fingerprint density at radius 1 is 1.31 bits per heavy atom. The zero-order chi connectivity index (χ0) is 11.7. The van der Waals surface area contributed by atoms with Crippen LogP contribution in [0.5, 0.6) is 0 Å². The van der Waals surface area contributed by atoms with E-state index in [0.29, 0.717) is 5.01 Å². The number of rotatable bonds is 2. The first kappa shape index (κ1) is 11.0. The quantitative estimate of drug-likeness (QED) is 0.739. The van der Waals surface area contributed by atoms with Gasteiger partial charge in [-0.15, -0.1) is 11.3 Å². The number of carbonyl (C=O) groups is 1. The van der Waals surface area contributed by atoms with E-state index in [1.54, 1.807) is 6.92 Å². The number of thiazole rings is 1. The Morgan fingerprint density at radius 2 is 2.06 bits per heavy atom. The number of ketones is 1. The Morgan fingerprint density at radius 3 is 2.62 bits per heavy atom. The fraction of sp³-hybridized carbons (Fsp3) is 0.231. The number of aromatic nitrogens is 1. The highest BCUT2D eigenvalue weighted by atomic mass is 32.1. The van der Waals surface area contributed by atoms with Crippen LogP contribution in [0.1, 0.15) is 27.9 Å². The van der Waals surface area contributed by atoms with Gasteiger partial charge in [0.1, 0.15) is 0 Å². The number of hydrogen-bond acceptors (Lipinski definition) is 3. The largest absolute Gasteiger partial charge is 0.292 e. The van der Waals surface area contributed by atoms with Crippen LogP contribution in [0, 0.1) is 13.8 Å². The van der Waals surface area contributed by atoms with Crippen molar-refractivity contribution >= 4 is 17.1 Å². The minimum Gasteiger partial charge on any atom is -0.292 e. The van der Waals surface area contributed by atoms with E-state index < -0.39 is 0 Å². The fourth-order valence-corrected chi connectivity index (χ4v) is 2.38. The van der Waals surface area contributed by atoms with Crippen molar-refractivity contribution in [3.63, 3.8) is 0 Å². The van der Waals surface area contributed by atoms with E-state index in [0.717, 1.165) is 11.3 Å². The Kier molecular flexibility index (Phi) is 2.88. The lowest BCUT2D eigenvalue weighted by Gasteiger charge is -2.03. The van der Waals surface area contributed by atoms with E-state index in [4.69, 9.17) is 0 Å². The number of benzene rings is 1.